The van der Waals surface area contributed by atoms with Gasteiger partial charge in [-0.15, -0.1) is 0 Å². The molecule has 1 aromatic carbocycles. The van der Waals surface area contributed by atoms with Gasteiger partial charge in [0.05, 0.1) is 14.2 Å². The van der Waals surface area contributed by atoms with Crippen LogP contribution >= 0.6 is 0 Å². The first-order chi connectivity index (χ1) is 7.43. The molecular formula is C12H17NO3. The van der Waals surface area contributed by atoms with E-state index in [2.05, 4.69) is 4.74 Å². The van der Waals surface area contributed by atoms with E-state index in [1.54, 1.807) is 26.2 Å². The van der Waals surface area contributed by atoms with Gasteiger partial charge in [0, 0.05) is 0 Å². The van der Waals surface area contributed by atoms with Gasteiger partial charge in [0.1, 0.15) is 11.3 Å². The number of methoxy groups -OCH3 is 2. The van der Waals surface area contributed by atoms with Crippen LogP contribution in [-0.2, 0) is 15.1 Å². The monoisotopic (exact) mass is 223 g/mol. The van der Waals surface area contributed by atoms with Crippen LogP contribution in [0.1, 0.15) is 18.1 Å². The molecule has 1 unspecified atom stereocenters. The Hall–Kier alpha value is -1.55. The van der Waals surface area contributed by atoms with E-state index < -0.39 is 11.5 Å². The average molecular weight is 223 g/mol. The van der Waals surface area contributed by atoms with Crippen LogP contribution in [0.4, 0.5) is 0 Å². The Morgan fingerprint density at radius 2 is 2.00 bits per heavy atom. The molecular weight excluding hydrogens is 206 g/mol. The van der Waals surface area contributed by atoms with Gasteiger partial charge in [-0.3, -0.25) is 0 Å². The summed E-state index contributed by atoms with van der Waals surface area (Å²) in [5, 5.41) is 0. The van der Waals surface area contributed by atoms with E-state index in [-0.39, 0.29) is 0 Å². The second-order valence-electron chi connectivity index (χ2n) is 3.88. The number of carbonyl (C=O) groups is 1. The van der Waals surface area contributed by atoms with Gasteiger partial charge in [-0.2, -0.15) is 0 Å². The van der Waals surface area contributed by atoms with Crippen molar-refractivity contribution in [2.24, 2.45) is 5.73 Å². The number of benzene rings is 1. The summed E-state index contributed by atoms with van der Waals surface area (Å²) in [4.78, 5) is 11.5. The van der Waals surface area contributed by atoms with Crippen LogP contribution in [0.5, 0.6) is 5.75 Å². The molecule has 0 heterocycles. The van der Waals surface area contributed by atoms with Gasteiger partial charge in [0.15, 0.2) is 0 Å². The summed E-state index contributed by atoms with van der Waals surface area (Å²) in [7, 11) is 2.92. The molecule has 0 saturated carbocycles. The van der Waals surface area contributed by atoms with E-state index in [4.69, 9.17) is 10.5 Å². The minimum atomic E-state index is -1.13. The van der Waals surface area contributed by atoms with Crippen LogP contribution in [0.25, 0.3) is 0 Å². The van der Waals surface area contributed by atoms with Gasteiger partial charge >= 0.3 is 5.97 Å². The van der Waals surface area contributed by atoms with Crippen molar-refractivity contribution in [3.8, 4) is 5.75 Å². The van der Waals surface area contributed by atoms with Gasteiger partial charge in [0.2, 0.25) is 0 Å². The molecule has 0 fully saturated rings. The molecule has 1 atom stereocenters. The third-order valence-corrected chi connectivity index (χ3v) is 2.60. The number of rotatable bonds is 3. The predicted molar refractivity (Wildman–Crippen MR) is 61.3 cm³/mol. The maximum atomic E-state index is 11.5. The van der Waals surface area contributed by atoms with Crippen molar-refractivity contribution in [1.82, 2.24) is 0 Å². The van der Waals surface area contributed by atoms with Crippen molar-refractivity contribution in [3.05, 3.63) is 29.3 Å². The van der Waals surface area contributed by atoms with Gasteiger partial charge in [-0.05, 0) is 37.1 Å². The lowest BCUT2D eigenvalue weighted by molar-refractivity contribution is -0.146. The zero-order valence-corrected chi connectivity index (χ0v) is 10.0. The Bertz CT molecular complexity index is 399. The first-order valence-electron chi connectivity index (χ1n) is 4.96. The van der Waals surface area contributed by atoms with Crippen molar-refractivity contribution in [3.63, 3.8) is 0 Å². The Kier molecular flexibility index (Phi) is 3.55. The Balaban J connectivity index is 3.14. The number of hydrogen-bond acceptors (Lipinski definition) is 4. The maximum Gasteiger partial charge on any atom is 0.330 e. The lowest BCUT2D eigenvalue weighted by Crippen LogP contribution is -2.42. The van der Waals surface area contributed by atoms with E-state index in [1.165, 1.54) is 7.11 Å². The van der Waals surface area contributed by atoms with Gasteiger partial charge in [0.25, 0.3) is 0 Å². The van der Waals surface area contributed by atoms with Crippen LogP contribution in [0.3, 0.4) is 0 Å². The van der Waals surface area contributed by atoms with E-state index >= 15 is 0 Å². The molecule has 0 aliphatic carbocycles. The zero-order valence-electron chi connectivity index (χ0n) is 10.0. The molecule has 16 heavy (non-hydrogen) atoms. The van der Waals surface area contributed by atoms with Crippen LogP contribution in [0, 0.1) is 6.92 Å². The van der Waals surface area contributed by atoms with E-state index in [1.807, 2.05) is 13.0 Å². The highest BCUT2D eigenvalue weighted by Gasteiger charge is 2.31. The van der Waals surface area contributed by atoms with E-state index in [9.17, 15) is 4.79 Å². The number of nitrogens with two attached hydrogens (primary N) is 1. The zero-order chi connectivity index (χ0) is 12.3. The van der Waals surface area contributed by atoms with Gasteiger partial charge in [-0.1, -0.05) is 6.07 Å². The number of carbonyl (C=O) groups excluding carboxylic acids is 1. The minimum absolute atomic E-state index is 0.461. The summed E-state index contributed by atoms with van der Waals surface area (Å²) >= 11 is 0. The molecule has 88 valence electrons. The summed E-state index contributed by atoms with van der Waals surface area (Å²) in [6.07, 6.45) is 0. The third kappa shape index (κ3) is 2.17. The molecule has 0 spiro atoms. The Morgan fingerprint density at radius 1 is 1.38 bits per heavy atom. The largest absolute Gasteiger partial charge is 0.496 e. The van der Waals surface area contributed by atoms with Crippen LogP contribution in [-0.4, -0.2) is 20.2 Å². The van der Waals surface area contributed by atoms with Gasteiger partial charge < -0.3 is 15.2 Å². The fourth-order valence-corrected chi connectivity index (χ4v) is 1.53. The number of esters is 1. The molecule has 4 heteroatoms. The second kappa shape index (κ2) is 4.53. The second-order valence-corrected chi connectivity index (χ2v) is 3.88. The first-order valence-corrected chi connectivity index (χ1v) is 4.96. The van der Waals surface area contributed by atoms with Crippen LogP contribution < -0.4 is 10.5 Å². The maximum absolute atomic E-state index is 11.5. The molecule has 2 N–H and O–H groups in total. The topological polar surface area (TPSA) is 61.5 Å². The molecule has 4 nitrogen and oxygen atoms in total. The minimum Gasteiger partial charge on any atom is -0.496 e. The van der Waals surface area contributed by atoms with Crippen molar-refractivity contribution in [2.45, 2.75) is 19.4 Å². The lowest BCUT2D eigenvalue weighted by Gasteiger charge is -2.22. The van der Waals surface area contributed by atoms with Crippen LogP contribution in [0.2, 0.25) is 0 Å². The standard InChI is InChI=1S/C12H17NO3/c1-8-7-9(5-6-10(8)15-3)12(2,13)11(14)16-4/h5-7H,13H2,1-4H3. The fourth-order valence-electron chi connectivity index (χ4n) is 1.53. The molecule has 0 aromatic heterocycles. The summed E-state index contributed by atoms with van der Waals surface area (Å²) in [5.41, 5.74) is 6.44. The molecule has 0 aliphatic rings. The lowest BCUT2D eigenvalue weighted by atomic mass is 9.92. The summed E-state index contributed by atoms with van der Waals surface area (Å²) < 4.78 is 9.81. The molecule has 1 aromatic rings. The van der Waals surface area contributed by atoms with E-state index in [0.717, 1.165) is 11.3 Å². The summed E-state index contributed by atoms with van der Waals surface area (Å²) in [6.45, 7) is 3.52. The quantitative estimate of drug-likeness (QED) is 0.786. The smallest absolute Gasteiger partial charge is 0.330 e. The van der Waals surface area contributed by atoms with Crippen molar-refractivity contribution >= 4 is 5.97 Å². The highest BCUT2D eigenvalue weighted by Crippen LogP contribution is 2.25. The fraction of sp³-hybridized carbons (Fsp3) is 0.417. The number of hydrogen-bond donors (Lipinski definition) is 1. The highest BCUT2D eigenvalue weighted by atomic mass is 16.5. The molecule has 1 rings (SSSR count). The number of ether oxygens (including phenoxy) is 2. The number of aryl methyl sites for hydroxylation is 1. The molecule has 0 radical (unpaired) electrons. The first kappa shape index (κ1) is 12.5. The van der Waals surface area contributed by atoms with E-state index in [0.29, 0.717) is 5.56 Å². The predicted octanol–water partition coefficient (Wildman–Crippen LogP) is 1.35. The SMILES string of the molecule is COC(=O)C(C)(N)c1ccc(OC)c(C)c1. The molecule has 0 bridgehead atoms. The highest BCUT2D eigenvalue weighted by molar-refractivity contribution is 5.81. The average Bonchev–Trinajstić information content (AvgIpc) is 2.27. The van der Waals surface area contributed by atoms with Crippen LogP contribution in [0.15, 0.2) is 18.2 Å². The van der Waals surface area contributed by atoms with Crippen molar-refractivity contribution in [1.29, 1.82) is 0 Å². The van der Waals surface area contributed by atoms with Crippen molar-refractivity contribution < 1.29 is 14.3 Å². The Morgan fingerprint density at radius 3 is 2.44 bits per heavy atom. The van der Waals surface area contributed by atoms with Gasteiger partial charge in [-0.25, -0.2) is 4.79 Å². The third-order valence-electron chi connectivity index (χ3n) is 2.60. The Labute approximate surface area is 95.3 Å². The molecule has 0 saturated heterocycles. The van der Waals surface area contributed by atoms with Crippen molar-refractivity contribution in [2.75, 3.05) is 14.2 Å². The molecule has 0 aliphatic heterocycles. The summed E-state index contributed by atoms with van der Waals surface area (Å²) in [6, 6.07) is 5.39. The normalized spacial score (nSPS) is 14.1. The molecule has 0 amide bonds. The summed E-state index contributed by atoms with van der Waals surface area (Å²) in [5.74, 6) is 0.307.